The Balaban J connectivity index is -0.0000000910. The molecule has 0 rings (SSSR count). The van der Waals surface area contributed by atoms with E-state index in [4.69, 9.17) is 29.1 Å². The summed E-state index contributed by atoms with van der Waals surface area (Å²) >= 11 is 0. The van der Waals surface area contributed by atoms with Gasteiger partial charge in [-0.2, -0.15) is 0 Å². The fourth-order valence-electron chi connectivity index (χ4n) is 0. The van der Waals surface area contributed by atoms with Gasteiger partial charge >= 0.3 is 59.2 Å². The molecule has 0 aromatic rings. The Bertz CT molecular complexity index is 115. The molecule has 0 radical (unpaired) electrons. The van der Waals surface area contributed by atoms with E-state index in [9.17, 15) is 0 Å². The number of hydrogen-bond acceptors (Lipinski definition) is 2. The number of carboxylic acids is 1. The van der Waals surface area contributed by atoms with Crippen molar-refractivity contribution >= 4 is 65.2 Å². The SMILES string of the molecule is CC(=O)O.O=P(O)(O)O.[KH]. The van der Waals surface area contributed by atoms with Crippen molar-refractivity contribution in [2.24, 2.45) is 0 Å². The van der Waals surface area contributed by atoms with Crippen LogP contribution in [0.3, 0.4) is 0 Å². The van der Waals surface area contributed by atoms with Gasteiger partial charge in [-0.05, 0) is 0 Å². The van der Waals surface area contributed by atoms with E-state index < -0.39 is 13.8 Å². The van der Waals surface area contributed by atoms with Crippen LogP contribution in [0, 0.1) is 0 Å². The molecule has 0 aliphatic rings. The number of carboxylic acid groups (broad SMARTS) is 1. The summed E-state index contributed by atoms with van der Waals surface area (Å²) in [5, 5.41) is 7.42. The molecule has 0 saturated heterocycles. The zero-order valence-electron chi connectivity index (χ0n) is 4.55. The van der Waals surface area contributed by atoms with Gasteiger partial charge < -0.3 is 19.8 Å². The van der Waals surface area contributed by atoms with Crippen LogP contribution >= 0.6 is 7.82 Å². The molecule has 0 bridgehead atoms. The Hall–Kier alpha value is 1.22. The first-order valence-electron chi connectivity index (χ1n) is 1.71. The average molecular weight is 198 g/mol. The van der Waals surface area contributed by atoms with E-state index in [0.29, 0.717) is 0 Å². The summed E-state index contributed by atoms with van der Waals surface area (Å²) in [6, 6.07) is 0. The summed E-state index contributed by atoms with van der Waals surface area (Å²) in [4.78, 5) is 30.6. The first-order valence-corrected chi connectivity index (χ1v) is 3.28. The van der Waals surface area contributed by atoms with Crippen LogP contribution in [0.25, 0.3) is 0 Å². The first-order chi connectivity index (χ1) is 3.73. The van der Waals surface area contributed by atoms with E-state index in [1.54, 1.807) is 0 Å². The standard InChI is InChI=1S/C2H4O2.K.H3O4P.H/c1-2(3)4;;1-5(2,3)4;/h1H3,(H,3,4);;(H3,1,2,3,4);. The van der Waals surface area contributed by atoms with Crippen molar-refractivity contribution in [1.82, 2.24) is 0 Å². The van der Waals surface area contributed by atoms with Crippen LogP contribution in [0.4, 0.5) is 0 Å². The van der Waals surface area contributed by atoms with Crippen LogP contribution in [0.15, 0.2) is 0 Å². The fourth-order valence-corrected chi connectivity index (χ4v) is 0. The number of aliphatic carboxylic acids is 1. The van der Waals surface area contributed by atoms with E-state index in [1.807, 2.05) is 0 Å². The molecular formula is C2H8KO6P. The second-order valence-electron chi connectivity index (χ2n) is 1.03. The topological polar surface area (TPSA) is 115 Å². The van der Waals surface area contributed by atoms with Gasteiger partial charge in [-0.1, -0.05) is 0 Å². The van der Waals surface area contributed by atoms with Gasteiger partial charge in [-0.15, -0.1) is 0 Å². The molecule has 0 amide bonds. The molecule has 0 aromatic heterocycles. The quantitative estimate of drug-likeness (QED) is 0.278. The predicted octanol–water partition coefficient (Wildman–Crippen LogP) is -1.49. The van der Waals surface area contributed by atoms with Crippen LogP contribution in [-0.2, 0) is 9.36 Å². The Morgan fingerprint density at radius 2 is 1.30 bits per heavy atom. The molecule has 0 saturated carbocycles. The fraction of sp³-hybridized carbons (Fsp3) is 0.500. The van der Waals surface area contributed by atoms with Crippen molar-refractivity contribution in [3.8, 4) is 0 Å². The Labute approximate surface area is 99.9 Å². The van der Waals surface area contributed by atoms with E-state index in [2.05, 4.69) is 0 Å². The molecule has 0 spiro atoms. The number of rotatable bonds is 0. The zero-order valence-corrected chi connectivity index (χ0v) is 5.45. The van der Waals surface area contributed by atoms with Crippen LogP contribution < -0.4 is 0 Å². The molecule has 10 heavy (non-hydrogen) atoms. The van der Waals surface area contributed by atoms with Crippen molar-refractivity contribution in [2.45, 2.75) is 6.92 Å². The zero-order chi connectivity index (χ0) is 8.08. The summed E-state index contributed by atoms with van der Waals surface area (Å²) < 4.78 is 8.88. The molecular weight excluding hydrogens is 190 g/mol. The van der Waals surface area contributed by atoms with E-state index in [1.165, 1.54) is 0 Å². The molecule has 0 unspecified atom stereocenters. The van der Waals surface area contributed by atoms with Crippen molar-refractivity contribution < 1.29 is 29.1 Å². The van der Waals surface area contributed by atoms with Crippen molar-refractivity contribution in [2.75, 3.05) is 0 Å². The molecule has 58 valence electrons. The minimum atomic E-state index is -4.64. The monoisotopic (exact) mass is 198 g/mol. The van der Waals surface area contributed by atoms with Gasteiger partial charge in [0.25, 0.3) is 5.97 Å². The third-order valence-corrected chi connectivity index (χ3v) is 0. The summed E-state index contributed by atoms with van der Waals surface area (Å²) in [5.41, 5.74) is 0. The molecule has 4 N–H and O–H groups in total. The van der Waals surface area contributed by atoms with E-state index in [-0.39, 0.29) is 51.4 Å². The Kier molecular flexibility index (Phi) is 14.4. The van der Waals surface area contributed by atoms with Crippen LogP contribution in [-0.4, -0.2) is 77.1 Å². The van der Waals surface area contributed by atoms with Gasteiger partial charge in [-0.25, -0.2) is 4.57 Å². The number of phosphoric acid groups is 1. The molecule has 6 nitrogen and oxygen atoms in total. The van der Waals surface area contributed by atoms with Crippen LogP contribution in [0.2, 0.25) is 0 Å². The molecule has 0 aliphatic heterocycles. The van der Waals surface area contributed by atoms with Crippen molar-refractivity contribution in [3.63, 3.8) is 0 Å². The minimum absolute atomic E-state index is 0. The van der Waals surface area contributed by atoms with Gasteiger partial charge in [0, 0.05) is 6.92 Å². The van der Waals surface area contributed by atoms with E-state index in [0.717, 1.165) is 6.92 Å². The number of hydrogen-bond donors (Lipinski definition) is 4. The molecule has 0 aliphatic carbocycles. The van der Waals surface area contributed by atoms with Crippen LogP contribution in [0.5, 0.6) is 0 Å². The molecule has 0 atom stereocenters. The van der Waals surface area contributed by atoms with Crippen molar-refractivity contribution in [1.29, 1.82) is 0 Å². The average Bonchev–Trinajstić information content (AvgIpc) is 1.19. The van der Waals surface area contributed by atoms with Crippen LogP contribution in [0.1, 0.15) is 6.92 Å². The maximum atomic E-state index is 9.00. The molecule has 0 heterocycles. The Morgan fingerprint density at radius 3 is 1.30 bits per heavy atom. The van der Waals surface area contributed by atoms with Gasteiger partial charge in [0.2, 0.25) is 0 Å². The normalized spacial score (nSPS) is 8.40. The predicted molar refractivity (Wildman–Crippen MR) is 34.7 cm³/mol. The summed E-state index contributed by atoms with van der Waals surface area (Å²) in [7, 11) is -4.64. The third-order valence-electron chi connectivity index (χ3n) is 0. The first kappa shape index (κ1) is 17.3. The van der Waals surface area contributed by atoms with Gasteiger partial charge in [0.15, 0.2) is 0 Å². The Morgan fingerprint density at radius 1 is 1.30 bits per heavy atom. The van der Waals surface area contributed by atoms with Gasteiger partial charge in [0.1, 0.15) is 0 Å². The second kappa shape index (κ2) is 8.31. The molecule has 8 heteroatoms. The van der Waals surface area contributed by atoms with Crippen molar-refractivity contribution in [3.05, 3.63) is 0 Å². The second-order valence-corrected chi connectivity index (χ2v) is 2.06. The summed E-state index contributed by atoms with van der Waals surface area (Å²) in [6.07, 6.45) is 0. The molecule has 0 fully saturated rings. The van der Waals surface area contributed by atoms with Gasteiger partial charge in [-0.3, -0.25) is 4.79 Å². The summed E-state index contributed by atoms with van der Waals surface area (Å²) in [5.74, 6) is -0.833. The maximum absolute atomic E-state index is 9.00. The number of carbonyl (C=O) groups is 1. The third kappa shape index (κ3) is 421. The van der Waals surface area contributed by atoms with E-state index >= 15 is 0 Å². The summed E-state index contributed by atoms with van der Waals surface area (Å²) in [6.45, 7) is 1.08. The van der Waals surface area contributed by atoms with Gasteiger partial charge in [0.05, 0.1) is 0 Å². The molecule has 0 aromatic carbocycles.